The highest BCUT2D eigenvalue weighted by Crippen LogP contribution is 2.39. The predicted molar refractivity (Wildman–Crippen MR) is 200 cm³/mol. The number of para-hydroxylation sites is 3. The van der Waals surface area contributed by atoms with Crippen LogP contribution in [0.1, 0.15) is 16.7 Å². The molecule has 2 heterocycles. The quantitative estimate of drug-likeness (QED) is 0.193. The minimum absolute atomic E-state index is 0.392. The van der Waals surface area contributed by atoms with E-state index in [1.807, 2.05) is 24.3 Å². The summed E-state index contributed by atoms with van der Waals surface area (Å²) in [4.78, 5) is 0. The molecule has 9 aromatic rings. The highest BCUT2D eigenvalue weighted by Gasteiger charge is 2.18. The molecule has 0 radical (unpaired) electrons. The van der Waals surface area contributed by atoms with E-state index in [2.05, 4.69) is 137 Å². The molecular formula is C45H25N5. The van der Waals surface area contributed by atoms with Gasteiger partial charge in [0.15, 0.2) is 0 Å². The van der Waals surface area contributed by atoms with Crippen LogP contribution in [0.15, 0.2) is 152 Å². The van der Waals surface area contributed by atoms with E-state index in [1.165, 1.54) is 21.8 Å². The van der Waals surface area contributed by atoms with Gasteiger partial charge in [-0.3, -0.25) is 0 Å². The zero-order valence-electron chi connectivity index (χ0n) is 26.7. The maximum atomic E-state index is 9.82. The summed E-state index contributed by atoms with van der Waals surface area (Å²) in [5.41, 5.74) is 11.3. The molecule has 0 unspecified atom stereocenters. The van der Waals surface area contributed by atoms with Crippen LogP contribution in [0.2, 0.25) is 0 Å². The molecule has 0 bridgehead atoms. The van der Waals surface area contributed by atoms with Crippen molar-refractivity contribution in [1.29, 1.82) is 15.8 Å². The molecule has 9 rings (SSSR count). The molecule has 0 aliphatic heterocycles. The minimum Gasteiger partial charge on any atom is -0.309 e. The van der Waals surface area contributed by atoms with Crippen LogP contribution in [-0.4, -0.2) is 9.13 Å². The fourth-order valence-corrected chi connectivity index (χ4v) is 7.36. The SMILES string of the molecule is N#Cc1cc(C#N)cc(-c2cc(C#N)ccc2-n2c3ccccc3c3cc(-c4ccc(-n5c6ccccc6c6ccccc65)cc4)ccc32)c1. The average molecular weight is 636 g/mol. The summed E-state index contributed by atoms with van der Waals surface area (Å²) in [6.45, 7) is 0. The number of benzene rings is 7. The zero-order chi connectivity index (χ0) is 33.8. The molecule has 0 fully saturated rings. The van der Waals surface area contributed by atoms with E-state index in [9.17, 15) is 15.8 Å². The largest absolute Gasteiger partial charge is 0.309 e. The van der Waals surface area contributed by atoms with Crippen molar-refractivity contribution in [2.75, 3.05) is 0 Å². The Balaban J connectivity index is 1.20. The van der Waals surface area contributed by atoms with E-state index >= 15 is 0 Å². The smallest absolute Gasteiger partial charge is 0.0992 e. The lowest BCUT2D eigenvalue weighted by atomic mass is 9.97. The molecule has 0 aliphatic carbocycles. The van der Waals surface area contributed by atoms with Crippen molar-refractivity contribution in [2.45, 2.75) is 0 Å². The van der Waals surface area contributed by atoms with Crippen LogP contribution >= 0.6 is 0 Å². The molecule has 7 aromatic carbocycles. The van der Waals surface area contributed by atoms with E-state index in [1.54, 1.807) is 18.2 Å². The lowest BCUT2D eigenvalue weighted by Gasteiger charge is -2.15. The highest BCUT2D eigenvalue weighted by atomic mass is 15.0. The third-order valence-electron chi connectivity index (χ3n) is 9.58. The Hall–Kier alpha value is -7.39. The number of nitriles is 3. The van der Waals surface area contributed by atoms with Crippen molar-refractivity contribution >= 4 is 43.6 Å². The lowest BCUT2D eigenvalue weighted by Crippen LogP contribution is -1.98. The summed E-state index contributed by atoms with van der Waals surface area (Å²) in [5.74, 6) is 0. The van der Waals surface area contributed by atoms with Gasteiger partial charge in [-0.2, -0.15) is 15.8 Å². The predicted octanol–water partition coefficient (Wildman–Crippen LogP) is 10.8. The van der Waals surface area contributed by atoms with Crippen molar-refractivity contribution < 1.29 is 0 Å². The second-order valence-corrected chi connectivity index (χ2v) is 12.4. The lowest BCUT2D eigenvalue weighted by molar-refractivity contribution is 1.18. The summed E-state index contributed by atoms with van der Waals surface area (Å²) in [6.07, 6.45) is 0. The number of rotatable bonds is 4. The Morgan fingerprint density at radius 3 is 1.48 bits per heavy atom. The Bertz CT molecular complexity index is 2870. The Morgan fingerprint density at radius 2 is 0.880 bits per heavy atom. The summed E-state index contributed by atoms with van der Waals surface area (Å²) in [6, 6.07) is 58.0. The summed E-state index contributed by atoms with van der Waals surface area (Å²) < 4.78 is 4.54. The first kappa shape index (κ1) is 28.8. The van der Waals surface area contributed by atoms with Crippen molar-refractivity contribution in [3.63, 3.8) is 0 Å². The molecule has 2 aromatic heterocycles. The van der Waals surface area contributed by atoms with Crippen LogP contribution in [0, 0.1) is 34.0 Å². The maximum absolute atomic E-state index is 9.82. The van der Waals surface area contributed by atoms with Gasteiger partial charge in [0.2, 0.25) is 0 Å². The van der Waals surface area contributed by atoms with Gasteiger partial charge in [0.05, 0.1) is 62.7 Å². The standard InChI is InChI=1S/C45H25N5/c46-26-29-13-19-44(39(24-29)34-22-30(27-47)21-31(23-34)28-48)50-43-12-6-3-9-38(43)40-25-33(16-20-45(40)50)32-14-17-35(18-15-32)49-41-10-4-1-7-36(41)37-8-2-5-11-42(37)49/h1-25H. The van der Waals surface area contributed by atoms with Crippen molar-refractivity contribution in [2.24, 2.45) is 0 Å². The normalized spacial score (nSPS) is 11.1. The van der Waals surface area contributed by atoms with Gasteiger partial charge >= 0.3 is 0 Å². The van der Waals surface area contributed by atoms with Gasteiger partial charge in [-0.05, 0) is 95.6 Å². The summed E-state index contributed by atoms with van der Waals surface area (Å²) in [5, 5.41) is 33.9. The van der Waals surface area contributed by atoms with Gasteiger partial charge in [0.25, 0.3) is 0 Å². The molecule has 0 spiro atoms. The van der Waals surface area contributed by atoms with Gasteiger partial charge in [-0.1, -0.05) is 72.8 Å². The molecule has 5 nitrogen and oxygen atoms in total. The van der Waals surface area contributed by atoms with Gasteiger partial charge < -0.3 is 9.13 Å². The number of fused-ring (bicyclic) bond motifs is 6. The number of nitrogens with zero attached hydrogens (tertiary/aromatic N) is 5. The third-order valence-corrected chi connectivity index (χ3v) is 9.58. The van der Waals surface area contributed by atoms with Crippen LogP contribution in [-0.2, 0) is 0 Å². The second-order valence-electron chi connectivity index (χ2n) is 12.4. The average Bonchev–Trinajstić information content (AvgIpc) is 3.70. The van der Waals surface area contributed by atoms with Crippen molar-refractivity contribution in [3.05, 3.63) is 168 Å². The number of hydrogen-bond acceptors (Lipinski definition) is 3. The Morgan fingerprint density at radius 1 is 0.360 bits per heavy atom. The van der Waals surface area contributed by atoms with Gasteiger partial charge in [-0.15, -0.1) is 0 Å². The molecule has 0 saturated carbocycles. The molecule has 0 amide bonds. The summed E-state index contributed by atoms with van der Waals surface area (Å²) >= 11 is 0. The molecular weight excluding hydrogens is 611 g/mol. The van der Waals surface area contributed by atoms with Crippen LogP contribution in [0.25, 0.3) is 77.2 Å². The summed E-state index contributed by atoms with van der Waals surface area (Å²) in [7, 11) is 0. The molecule has 0 N–H and O–H groups in total. The molecule has 0 saturated heterocycles. The zero-order valence-corrected chi connectivity index (χ0v) is 26.7. The molecule has 50 heavy (non-hydrogen) atoms. The molecule has 230 valence electrons. The van der Waals surface area contributed by atoms with E-state index in [0.29, 0.717) is 22.3 Å². The Kier molecular flexibility index (Phi) is 6.56. The van der Waals surface area contributed by atoms with Gasteiger partial charge in [-0.25, -0.2) is 0 Å². The van der Waals surface area contributed by atoms with Crippen LogP contribution < -0.4 is 0 Å². The molecule has 0 atom stereocenters. The van der Waals surface area contributed by atoms with Crippen LogP contribution in [0.5, 0.6) is 0 Å². The minimum atomic E-state index is 0.392. The first-order valence-corrected chi connectivity index (χ1v) is 16.3. The monoisotopic (exact) mass is 635 g/mol. The van der Waals surface area contributed by atoms with E-state index in [4.69, 9.17) is 0 Å². The van der Waals surface area contributed by atoms with E-state index in [-0.39, 0.29) is 0 Å². The molecule has 5 heteroatoms. The fourth-order valence-electron chi connectivity index (χ4n) is 7.36. The topological polar surface area (TPSA) is 81.2 Å². The van der Waals surface area contributed by atoms with Crippen molar-refractivity contribution in [3.8, 4) is 51.8 Å². The maximum Gasteiger partial charge on any atom is 0.0992 e. The van der Waals surface area contributed by atoms with Crippen LogP contribution in [0.4, 0.5) is 0 Å². The van der Waals surface area contributed by atoms with Crippen molar-refractivity contribution in [1.82, 2.24) is 9.13 Å². The number of aromatic nitrogens is 2. The number of hydrogen-bond donors (Lipinski definition) is 0. The first-order valence-electron chi connectivity index (χ1n) is 16.3. The second kappa shape index (κ2) is 11.4. The highest BCUT2D eigenvalue weighted by molar-refractivity contribution is 6.11. The van der Waals surface area contributed by atoms with Gasteiger partial charge in [0, 0.05) is 32.8 Å². The van der Waals surface area contributed by atoms with Gasteiger partial charge in [0.1, 0.15) is 0 Å². The fraction of sp³-hybridized carbons (Fsp3) is 0. The van der Waals surface area contributed by atoms with E-state index < -0.39 is 0 Å². The van der Waals surface area contributed by atoms with E-state index in [0.717, 1.165) is 49.9 Å². The molecule has 0 aliphatic rings. The Labute approximate surface area is 287 Å². The van der Waals surface area contributed by atoms with Crippen LogP contribution in [0.3, 0.4) is 0 Å². The third kappa shape index (κ3) is 4.45. The first-order chi connectivity index (χ1) is 24.6.